The molecule has 4 heteroatoms. The second kappa shape index (κ2) is 6.58. The lowest BCUT2D eigenvalue weighted by Gasteiger charge is -2.28. The number of carbonyl (C=O) groups is 1. The zero-order chi connectivity index (χ0) is 19.0. The first-order valence-electron chi connectivity index (χ1n) is 8.54. The van der Waals surface area contributed by atoms with E-state index in [0.29, 0.717) is 5.76 Å². The zero-order valence-electron chi connectivity index (χ0n) is 16.1. The molecule has 0 aliphatic rings. The Balaban J connectivity index is 2.36. The van der Waals surface area contributed by atoms with Crippen molar-refractivity contribution >= 4 is 5.97 Å². The molecule has 0 aliphatic heterocycles. The Bertz CT molecular complexity index is 757. The van der Waals surface area contributed by atoms with E-state index in [1.807, 2.05) is 13.0 Å². The molecule has 0 radical (unpaired) electrons. The molecule has 4 nitrogen and oxygen atoms in total. The Morgan fingerprint density at radius 3 is 2.16 bits per heavy atom. The van der Waals surface area contributed by atoms with Crippen molar-refractivity contribution < 1.29 is 19.1 Å². The molecule has 0 amide bonds. The predicted molar refractivity (Wildman–Crippen MR) is 98.6 cm³/mol. The zero-order valence-corrected chi connectivity index (χ0v) is 16.1. The lowest BCUT2D eigenvalue weighted by Crippen LogP contribution is -2.18. The van der Waals surface area contributed by atoms with Crippen LogP contribution in [0.4, 0.5) is 0 Å². The molecule has 0 fully saturated rings. The van der Waals surface area contributed by atoms with Crippen LogP contribution in [0.3, 0.4) is 0 Å². The third-order valence-corrected chi connectivity index (χ3v) is 4.20. The van der Waals surface area contributed by atoms with Crippen LogP contribution >= 0.6 is 0 Å². The summed E-state index contributed by atoms with van der Waals surface area (Å²) in [5.41, 5.74) is 2.35. The Labute approximate surface area is 149 Å². The van der Waals surface area contributed by atoms with Gasteiger partial charge in [-0.05, 0) is 47.1 Å². The number of carboxylic acid groups (broad SMARTS) is 1. The van der Waals surface area contributed by atoms with Crippen molar-refractivity contribution in [3.8, 4) is 5.75 Å². The summed E-state index contributed by atoms with van der Waals surface area (Å²) in [6.07, 6.45) is -0.380. The highest BCUT2D eigenvalue weighted by Crippen LogP contribution is 2.37. The maximum absolute atomic E-state index is 11.0. The molecule has 1 unspecified atom stereocenters. The molecule has 0 aliphatic carbocycles. The van der Waals surface area contributed by atoms with Crippen LogP contribution in [0.2, 0.25) is 0 Å². The van der Waals surface area contributed by atoms with E-state index < -0.39 is 5.97 Å². The summed E-state index contributed by atoms with van der Waals surface area (Å²) in [5, 5.41) is 8.99. The van der Waals surface area contributed by atoms with E-state index in [-0.39, 0.29) is 22.7 Å². The van der Waals surface area contributed by atoms with Crippen molar-refractivity contribution in [3.63, 3.8) is 0 Å². The monoisotopic (exact) mass is 344 g/mol. The number of carboxylic acids is 1. The molecule has 2 aromatic rings. The second-order valence-electron chi connectivity index (χ2n) is 8.48. The van der Waals surface area contributed by atoms with Crippen molar-refractivity contribution in [2.45, 2.75) is 65.4 Å². The van der Waals surface area contributed by atoms with E-state index in [1.165, 1.54) is 11.6 Å². The molecule has 1 atom stereocenters. The van der Waals surface area contributed by atoms with Gasteiger partial charge in [-0.25, -0.2) is 4.79 Å². The van der Waals surface area contributed by atoms with Crippen LogP contribution in [0.5, 0.6) is 5.75 Å². The van der Waals surface area contributed by atoms with Crippen LogP contribution in [0, 0.1) is 0 Å². The molecular formula is C21H28O4. The topological polar surface area (TPSA) is 59.7 Å². The van der Waals surface area contributed by atoms with E-state index >= 15 is 0 Å². The second-order valence-corrected chi connectivity index (χ2v) is 8.48. The van der Waals surface area contributed by atoms with Crippen molar-refractivity contribution in [1.29, 1.82) is 0 Å². The number of benzene rings is 1. The Kier molecular flexibility index (Phi) is 5.03. The van der Waals surface area contributed by atoms with Crippen LogP contribution in [0.25, 0.3) is 0 Å². The summed E-state index contributed by atoms with van der Waals surface area (Å²) in [5.74, 6) is 0.131. The Morgan fingerprint density at radius 2 is 1.68 bits per heavy atom. The first-order chi connectivity index (χ1) is 11.4. The average molecular weight is 344 g/mol. The molecule has 25 heavy (non-hydrogen) atoms. The van der Waals surface area contributed by atoms with E-state index in [0.717, 1.165) is 11.3 Å². The summed E-state index contributed by atoms with van der Waals surface area (Å²) < 4.78 is 11.5. The maximum Gasteiger partial charge on any atom is 0.371 e. The smallest absolute Gasteiger partial charge is 0.371 e. The fourth-order valence-corrected chi connectivity index (χ4v) is 2.62. The fourth-order valence-electron chi connectivity index (χ4n) is 2.62. The number of aromatic carboxylic acids is 1. The lowest BCUT2D eigenvalue weighted by atomic mass is 9.80. The van der Waals surface area contributed by atoms with Gasteiger partial charge in [0, 0.05) is 0 Å². The van der Waals surface area contributed by atoms with Gasteiger partial charge in [0.15, 0.2) is 6.10 Å². The van der Waals surface area contributed by atoms with E-state index in [1.54, 1.807) is 6.07 Å². The van der Waals surface area contributed by atoms with E-state index in [4.69, 9.17) is 14.3 Å². The van der Waals surface area contributed by atoms with Crippen LogP contribution < -0.4 is 4.74 Å². The third-order valence-electron chi connectivity index (χ3n) is 4.20. The highest BCUT2D eigenvalue weighted by molar-refractivity contribution is 5.84. The minimum absolute atomic E-state index is 0.0571. The lowest BCUT2D eigenvalue weighted by molar-refractivity contribution is 0.0655. The average Bonchev–Trinajstić information content (AvgIpc) is 2.95. The van der Waals surface area contributed by atoms with Gasteiger partial charge in [-0.15, -0.1) is 0 Å². The highest BCUT2D eigenvalue weighted by Gasteiger charge is 2.25. The minimum atomic E-state index is -1.08. The molecule has 0 bridgehead atoms. The molecule has 0 spiro atoms. The molecule has 136 valence electrons. The summed E-state index contributed by atoms with van der Waals surface area (Å²) >= 11 is 0. The molecule has 1 N–H and O–H groups in total. The van der Waals surface area contributed by atoms with Crippen molar-refractivity contribution in [2.75, 3.05) is 0 Å². The van der Waals surface area contributed by atoms with Crippen molar-refractivity contribution in [2.24, 2.45) is 0 Å². The number of rotatable bonds is 4. The van der Waals surface area contributed by atoms with Crippen LogP contribution in [0.15, 0.2) is 34.7 Å². The fraction of sp³-hybridized carbons (Fsp3) is 0.476. The van der Waals surface area contributed by atoms with Gasteiger partial charge >= 0.3 is 5.97 Å². The number of ether oxygens (including phenoxy) is 1. The molecule has 1 aromatic carbocycles. The van der Waals surface area contributed by atoms with Gasteiger partial charge < -0.3 is 14.3 Å². The van der Waals surface area contributed by atoms with Gasteiger partial charge in [0.2, 0.25) is 5.76 Å². The SMILES string of the molecule is CC(Oc1ccc(C(C)(C)C)cc1C(C)(C)C)c1ccc(C(=O)O)o1. The maximum atomic E-state index is 11.0. The number of hydrogen-bond donors (Lipinski definition) is 1. The first-order valence-corrected chi connectivity index (χ1v) is 8.54. The molecule has 1 heterocycles. The summed E-state index contributed by atoms with van der Waals surface area (Å²) in [4.78, 5) is 11.0. The van der Waals surface area contributed by atoms with Crippen molar-refractivity contribution in [3.05, 3.63) is 53.0 Å². The molecule has 2 rings (SSSR count). The molecule has 1 aromatic heterocycles. The number of hydrogen-bond acceptors (Lipinski definition) is 3. The van der Waals surface area contributed by atoms with Gasteiger partial charge in [0.1, 0.15) is 11.5 Å². The van der Waals surface area contributed by atoms with Gasteiger partial charge in [0.25, 0.3) is 0 Å². The third kappa shape index (κ3) is 4.44. The summed E-state index contributed by atoms with van der Waals surface area (Å²) in [7, 11) is 0. The molecule has 0 saturated carbocycles. The van der Waals surface area contributed by atoms with Crippen LogP contribution in [-0.2, 0) is 10.8 Å². The summed E-state index contributed by atoms with van der Waals surface area (Å²) in [6.45, 7) is 14.9. The molecular weight excluding hydrogens is 316 g/mol. The Hall–Kier alpha value is -2.23. The number of furan rings is 1. The normalized spacial score (nSPS) is 13.6. The largest absolute Gasteiger partial charge is 0.482 e. The highest BCUT2D eigenvalue weighted by atomic mass is 16.5. The van der Waals surface area contributed by atoms with Gasteiger partial charge in [-0.2, -0.15) is 0 Å². The van der Waals surface area contributed by atoms with Crippen LogP contribution in [0.1, 0.15) is 82.0 Å². The standard InChI is InChI=1S/C21H28O4/c1-13(16-10-11-18(25-16)19(22)23)24-17-9-8-14(20(2,3)4)12-15(17)21(5,6)7/h8-13H,1-7H3,(H,22,23). The van der Waals surface area contributed by atoms with E-state index in [2.05, 4.69) is 53.7 Å². The van der Waals surface area contributed by atoms with Gasteiger partial charge in [0.05, 0.1) is 0 Å². The van der Waals surface area contributed by atoms with Gasteiger partial charge in [-0.1, -0.05) is 53.7 Å². The van der Waals surface area contributed by atoms with E-state index in [9.17, 15) is 4.79 Å². The van der Waals surface area contributed by atoms with Crippen LogP contribution in [-0.4, -0.2) is 11.1 Å². The van der Waals surface area contributed by atoms with Crippen molar-refractivity contribution in [1.82, 2.24) is 0 Å². The quantitative estimate of drug-likeness (QED) is 0.771. The predicted octanol–water partition coefficient (Wildman–Crippen LogP) is 5.71. The molecule has 0 saturated heterocycles. The first kappa shape index (κ1) is 19.1. The Morgan fingerprint density at radius 1 is 1.04 bits per heavy atom. The summed E-state index contributed by atoms with van der Waals surface area (Å²) in [6, 6.07) is 9.38. The minimum Gasteiger partial charge on any atom is -0.482 e. The van der Waals surface area contributed by atoms with Gasteiger partial charge in [-0.3, -0.25) is 0 Å².